The summed E-state index contributed by atoms with van der Waals surface area (Å²) in [5.74, 6) is 1.84. The van der Waals surface area contributed by atoms with Crippen LogP contribution in [0.25, 0.3) is 15.7 Å². The predicted octanol–water partition coefficient (Wildman–Crippen LogP) is 4.99. The third-order valence-corrected chi connectivity index (χ3v) is 4.78. The summed E-state index contributed by atoms with van der Waals surface area (Å²) in [6.07, 6.45) is 0. The zero-order valence-electron chi connectivity index (χ0n) is 13.4. The maximum atomic E-state index is 5.43. The van der Waals surface area contributed by atoms with Gasteiger partial charge in [0.2, 0.25) is 5.75 Å². The maximum Gasteiger partial charge on any atom is 0.203 e. The van der Waals surface area contributed by atoms with Crippen LogP contribution in [0, 0.1) is 0 Å². The second-order valence-corrected chi connectivity index (χ2v) is 5.95. The van der Waals surface area contributed by atoms with Gasteiger partial charge in [0.25, 0.3) is 0 Å². The lowest BCUT2D eigenvalue weighted by molar-refractivity contribution is 0.324. The van der Waals surface area contributed by atoms with Crippen LogP contribution in [0.5, 0.6) is 17.2 Å². The van der Waals surface area contributed by atoms with Crippen LogP contribution in [-0.2, 0) is 0 Å². The Morgan fingerprint density at radius 3 is 2.22 bits per heavy atom. The highest BCUT2D eigenvalue weighted by Gasteiger charge is 2.16. The van der Waals surface area contributed by atoms with E-state index in [1.807, 2.05) is 24.3 Å². The van der Waals surface area contributed by atoms with E-state index in [2.05, 4.69) is 24.1 Å². The Balaban J connectivity index is 2.12. The van der Waals surface area contributed by atoms with Crippen LogP contribution in [-0.4, -0.2) is 21.3 Å². The van der Waals surface area contributed by atoms with E-state index in [9.17, 15) is 0 Å². The van der Waals surface area contributed by atoms with E-state index in [1.54, 1.807) is 32.7 Å². The van der Waals surface area contributed by atoms with Gasteiger partial charge < -0.3 is 14.2 Å². The van der Waals surface area contributed by atoms with Gasteiger partial charge in [-0.1, -0.05) is 24.8 Å². The van der Waals surface area contributed by atoms with Gasteiger partial charge in [0.05, 0.1) is 21.3 Å². The Bertz CT molecular complexity index is 839. The van der Waals surface area contributed by atoms with Gasteiger partial charge in [-0.25, -0.2) is 0 Å². The van der Waals surface area contributed by atoms with E-state index < -0.39 is 0 Å². The van der Waals surface area contributed by atoms with Crippen molar-refractivity contribution in [2.75, 3.05) is 21.3 Å². The minimum atomic E-state index is 0.585. The molecule has 0 radical (unpaired) electrons. The van der Waals surface area contributed by atoms with E-state index in [-0.39, 0.29) is 0 Å². The Labute approximate surface area is 139 Å². The van der Waals surface area contributed by atoms with Crippen molar-refractivity contribution >= 4 is 27.0 Å². The summed E-state index contributed by atoms with van der Waals surface area (Å²) in [4.78, 5) is 0. The molecule has 3 rings (SSSR count). The molecule has 0 N–H and O–H groups in total. The number of ether oxygens (including phenoxy) is 3. The van der Waals surface area contributed by atoms with Crippen LogP contribution >= 0.6 is 11.3 Å². The van der Waals surface area contributed by atoms with Crippen LogP contribution < -0.4 is 14.2 Å². The minimum Gasteiger partial charge on any atom is -0.493 e. The normalized spacial score (nSPS) is 10.6. The van der Waals surface area contributed by atoms with Gasteiger partial charge in [0, 0.05) is 15.6 Å². The summed E-state index contributed by atoms with van der Waals surface area (Å²) in [5.41, 5.74) is 3.00. The first kappa shape index (κ1) is 15.4. The number of fused-ring (bicyclic) bond motifs is 1. The first-order valence-electron chi connectivity index (χ1n) is 7.15. The van der Waals surface area contributed by atoms with E-state index >= 15 is 0 Å². The maximum absolute atomic E-state index is 5.43. The van der Waals surface area contributed by atoms with Crippen LogP contribution in [0.1, 0.15) is 11.1 Å². The van der Waals surface area contributed by atoms with Crippen molar-refractivity contribution in [2.24, 2.45) is 0 Å². The highest BCUT2D eigenvalue weighted by molar-refractivity contribution is 7.17. The van der Waals surface area contributed by atoms with Crippen molar-refractivity contribution in [3.63, 3.8) is 0 Å². The van der Waals surface area contributed by atoms with Crippen LogP contribution in [0.2, 0.25) is 0 Å². The van der Waals surface area contributed by atoms with Gasteiger partial charge in [-0.05, 0) is 34.7 Å². The molecule has 1 aromatic heterocycles. The lowest BCUT2D eigenvalue weighted by Crippen LogP contribution is -1.97. The van der Waals surface area contributed by atoms with Crippen molar-refractivity contribution in [1.82, 2.24) is 0 Å². The molecule has 0 amide bonds. The number of benzene rings is 2. The average molecular weight is 326 g/mol. The Morgan fingerprint density at radius 1 is 0.957 bits per heavy atom. The molecule has 0 bridgehead atoms. The largest absolute Gasteiger partial charge is 0.493 e. The zero-order chi connectivity index (χ0) is 16.4. The Morgan fingerprint density at radius 2 is 1.61 bits per heavy atom. The number of hydrogen-bond acceptors (Lipinski definition) is 4. The second-order valence-electron chi connectivity index (χ2n) is 5.04. The number of methoxy groups -OCH3 is 3. The molecule has 0 atom stereocenters. The smallest absolute Gasteiger partial charge is 0.203 e. The highest BCUT2D eigenvalue weighted by Crippen LogP contribution is 2.42. The molecule has 0 aliphatic rings. The van der Waals surface area contributed by atoms with Crippen molar-refractivity contribution in [3.05, 3.63) is 59.5 Å². The van der Waals surface area contributed by atoms with Crippen LogP contribution in [0.3, 0.4) is 0 Å². The fraction of sp³-hybridized carbons (Fsp3) is 0.158. The fourth-order valence-electron chi connectivity index (χ4n) is 2.62. The minimum absolute atomic E-state index is 0.585. The topological polar surface area (TPSA) is 27.7 Å². The summed E-state index contributed by atoms with van der Waals surface area (Å²) in [6.45, 7) is 4.28. The first-order valence-corrected chi connectivity index (χ1v) is 8.03. The second kappa shape index (κ2) is 6.34. The third-order valence-electron chi connectivity index (χ3n) is 3.82. The lowest BCUT2D eigenvalue weighted by atomic mass is 9.98. The van der Waals surface area contributed by atoms with E-state index in [1.165, 1.54) is 10.1 Å². The summed E-state index contributed by atoms with van der Waals surface area (Å²) in [7, 11) is 4.83. The van der Waals surface area contributed by atoms with Crippen molar-refractivity contribution < 1.29 is 14.2 Å². The van der Waals surface area contributed by atoms with Gasteiger partial charge in [0.15, 0.2) is 11.5 Å². The molecule has 0 fully saturated rings. The molecular formula is C19H18O3S. The molecule has 3 nitrogen and oxygen atoms in total. The van der Waals surface area contributed by atoms with Crippen molar-refractivity contribution in [3.8, 4) is 17.2 Å². The van der Waals surface area contributed by atoms with E-state index in [0.717, 1.165) is 16.7 Å². The standard InChI is InChI=1S/C19H18O3S/c1-12(15-11-23-18-8-6-5-7-14(15)18)13-9-16(20-2)19(22-4)17(10-13)21-3/h5-11H,1H2,2-4H3. The monoisotopic (exact) mass is 326 g/mol. The molecule has 3 aromatic rings. The summed E-state index contributed by atoms with van der Waals surface area (Å²) in [6, 6.07) is 12.2. The molecule has 0 aliphatic heterocycles. The van der Waals surface area contributed by atoms with Gasteiger partial charge in [-0.3, -0.25) is 0 Å². The van der Waals surface area contributed by atoms with Gasteiger partial charge in [0.1, 0.15) is 0 Å². The molecule has 23 heavy (non-hydrogen) atoms. The van der Waals surface area contributed by atoms with Gasteiger partial charge >= 0.3 is 0 Å². The average Bonchev–Trinajstić information content (AvgIpc) is 3.03. The molecule has 118 valence electrons. The fourth-order valence-corrected chi connectivity index (χ4v) is 3.60. The SMILES string of the molecule is C=C(c1cc(OC)c(OC)c(OC)c1)c1csc2ccccc12. The predicted molar refractivity (Wildman–Crippen MR) is 96.1 cm³/mol. The molecule has 4 heteroatoms. The zero-order valence-corrected chi connectivity index (χ0v) is 14.2. The van der Waals surface area contributed by atoms with E-state index in [4.69, 9.17) is 14.2 Å². The number of rotatable bonds is 5. The number of thiophene rings is 1. The van der Waals surface area contributed by atoms with Crippen molar-refractivity contribution in [1.29, 1.82) is 0 Å². The quantitative estimate of drug-likeness (QED) is 0.661. The number of hydrogen-bond donors (Lipinski definition) is 0. The molecule has 0 saturated carbocycles. The summed E-state index contributed by atoms with van der Waals surface area (Å²) >= 11 is 1.72. The first-order chi connectivity index (χ1) is 11.2. The molecule has 2 aromatic carbocycles. The van der Waals surface area contributed by atoms with Crippen LogP contribution in [0.4, 0.5) is 0 Å². The van der Waals surface area contributed by atoms with Crippen LogP contribution in [0.15, 0.2) is 48.4 Å². The van der Waals surface area contributed by atoms with Crippen molar-refractivity contribution in [2.45, 2.75) is 0 Å². The highest BCUT2D eigenvalue weighted by atomic mass is 32.1. The molecule has 0 unspecified atom stereocenters. The molecule has 0 saturated heterocycles. The Hall–Kier alpha value is -2.46. The van der Waals surface area contributed by atoms with E-state index in [0.29, 0.717) is 17.2 Å². The lowest BCUT2D eigenvalue weighted by Gasteiger charge is -2.15. The third kappa shape index (κ3) is 2.66. The molecule has 0 spiro atoms. The summed E-state index contributed by atoms with van der Waals surface area (Å²) < 4.78 is 17.5. The molecular weight excluding hydrogens is 308 g/mol. The molecule has 1 heterocycles. The summed E-state index contributed by atoms with van der Waals surface area (Å²) in [5, 5.41) is 3.34. The Kier molecular flexibility index (Phi) is 4.26. The molecule has 0 aliphatic carbocycles. The van der Waals surface area contributed by atoms with Gasteiger partial charge in [-0.2, -0.15) is 0 Å². The van der Waals surface area contributed by atoms with Gasteiger partial charge in [-0.15, -0.1) is 11.3 Å².